The van der Waals surface area contributed by atoms with Gasteiger partial charge in [0.2, 0.25) is 0 Å². The molecule has 0 N–H and O–H groups in total. The summed E-state index contributed by atoms with van der Waals surface area (Å²) in [5.41, 5.74) is 0.987. The number of benzene rings is 2. The van der Waals surface area contributed by atoms with Crippen molar-refractivity contribution in [2.75, 3.05) is 6.61 Å². The number of hydrogen-bond donors (Lipinski definition) is 0. The van der Waals surface area contributed by atoms with Crippen LogP contribution in [0.2, 0.25) is 0 Å². The molecule has 0 aliphatic rings. The Morgan fingerprint density at radius 1 is 1.10 bits per heavy atom. The van der Waals surface area contributed by atoms with Gasteiger partial charge in [-0.1, -0.05) is 25.1 Å². The molecular weight excluding hydrogens is 255 g/mol. The monoisotopic (exact) mass is 272 g/mol. The van der Waals surface area contributed by atoms with E-state index in [4.69, 9.17) is 4.74 Å². The van der Waals surface area contributed by atoms with Crippen molar-refractivity contribution in [2.45, 2.75) is 19.8 Å². The zero-order valence-electron chi connectivity index (χ0n) is 11.4. The Balaban J connectivity index is 2.04. The number of ketones is 1. The SMILES string of the molecule is CCCOc1ccc(C(=O)Cc2ccccc2F)cc1. The van der Waals surface area contributed by atoms with E-state index in [9.17, 15) is 9.18 Å². The summed E-state index contributed by atoms with van der Waals surface area (Å²) in [6.07, 6.45) is 1.01. The van der Waals surface area contributed by atoms with Crippen LogP contribution >= 0.6 is 0 Å². The normalized spacial score (nSPS) is 10.3. The third-order valence-corrected chi connectivity index (χ3v) is 2.96. The smallest absolute Gasteiger partial charge is 0.167 e. The molecule has 0 fully saturated rings. The van der Waals surface area contributed by atoms with Crippen LogP contribution in [0.1, 0.15) is 29.3 Å². The van der Waals surface area contributed by atoms with E-state index in [1.807, 2.05) is 6.92 Å². The van der Waals surface area contributed by atoms with Gasteiger partial charge in [0.15, 0.2) is 5.78 Å². The molecule has 0 amide bonds. The van der Waals surface area contributed by atoms with E-state index in [0.717, 1.165) is 12.2 Å². The first-order valence-corrected chi connectivity index (χ1v) is 6.70. The van der Waals surface area contributed by atoms with Gasteiger partial charge in [-0.25, -0.2) is 4.39 Å². The van der Waals surface area contributed by atoms with Crippen molar-refractivity contribution in [1.29, 1.82) is 0 Å². The topological polar surface area (TPSA) is 26.3 Å². The Kier molecular flexibility index (Phi) is 4.88. The lowest BCUT2D eigenvalue weighted by atomic mass is 10.0. The van der Waals surface area contributed by atoms with E-state index < -0.39 is 0 Å². The van der Waals surface area contributed by atoms with Crippen LogP contribution in [-0.4, -0.2) is 12.4 Å². The summed E-state index contributed by atoms with van der Waals surface area (Å²) in [4.78, 5) is 12.1. The van der Waals surface area contributed by atoms with E-state index in [1.165, 1.54) is 6.07 Å². The summed E-state index contributed by atoms with van der Waals surface area (Å²) in [6.45, 7) is 2.69. The molecule has 20 heavy (non-hydrogen) atoms. The first kappa shape index (κ1) is 14.3. The molecule has 2 rings (SSSR count). The van der Waals surface area contributed by atoms with Crippen LogP contribution in [-0.2, 0) is 6.42 Å². The minimum absolute atomic E-state index is 0.0713. The average molecular weight is 272 g/mol. The van der Waals surface area contributed by atoms with Crippen LogP contribution in [0, 0.1) is 5.82 Å². The van der Waals surface area contributed by atoms with Gasteiger partial charge in [0.1, 0.15) is 11.6 Å². The summed E-state index contributed by atoms with van der Waals surface area (Å²) in [5.74, 6) is 0.301. The van der Waals surface area contributed by atoms with Crippen LogP contribution in [0.25, 0.3) is 0 Å². The van der Waals surface area contributed by atoms with Crippen LogP contribution in [0.4, 0.5) is 4.39 Å². The van der Waals surface area contributed by atoms with Gasteiger partial charge < -0.3 is 4.74 Å². The van der Waals surface area contributed by atoms with E-state index in [2.05, 4.69) is 0 Å². The molecule has 0 radical (unpaired) electrons. The number of hydrogen-bond acceptors (Lipinski definition) is 2. The molecule has 0 atom stereocenters. The van der Waals surface area contributed by atoms with Crippen LogP contribution in [0.15, 0.2) is 48.5 Å². The maximum atomic E-state index is 13.5. The van der Waals surface area contributed by atoms with Gasteiger partial charge in [-0.2, -0.15) is 0 Å². The number of carbonyl (C=O) groups is 1. The zero-order valence-corrected chi connectivity index (χ0v) is 11.4. The summed E-state index contributed by atoms with van der Waals surface area (Å²) in [6, 6.07) is 13.3. The lowest BCUT2D eigenvalue weighted by Gasteiger charge is -2.06. The molecule has 0 saturated heterocycles. The molecule has 3 heteroatoms. The Hall–Kier alpha value is -2.16. The van der Waals surface area contributed by atoms with Gasteiger partial charge in [-0.3, -0.25) is 4.79 Å². The van der Waals surface area contributed by atoms with Gasteiger partial charge in [0, 0.05) is 12.0 Å². The van der Waals surface area contributed by atoms with Crippen molar-refractivity contribution < 1.29 is 13.9 Å². The number of carbonyl (C=O) groups excluding carboxylic acids is 1. The molecule has 0 aliphatic heterocycles. The van der Waals surface area contributed by atoms with Crippen molar-refractivity contribution in [2.24, 2.45) is 0 Å². The van der Waals surface area contributed by atoms with Gasteiger partial charge in [-0.15, -0.1) is 0 Å². The number of rotatable bonds is 6. The maximum absolute atomic E-state index is 13.5. The predicted octanol–water partition coefficient (Wildman–Crippen LogP) is 4.04. The zero-order chi connectivity index (χ0) is 14.4. The molecule has 104 valence electrons. The molecule has 0 bridgehead atoms. The standard InChI is InChI=1S/C17H17FO2/c1-2-11-20-15-9-7-13(8-10-15)17(19)12-14-5-3-4-6-16(14)18/h3-10H,2,11-12H2,1H3. The van der Waals surface area contributed by atoms with E-state index in [-0.39, 0.29) is 18.0 Å². The second-order valence-electron chi connectivity index (χ2n) is 4.56. The molecule has 0 spiro atoms. The third-order valence-electron chi connectivity index (χ3n) is 2.96. The first-order chi connectivity index (χ1) is 9.70. The maximum Gasteiger partial charge on any atom is 0.167 e. The van der Waals surface area contributed by atoms with Crippen LogP contribution in [0.3, 0.4) is 0 Å². The van der Waals surface area contributed by atoms with Crippen molar-refractivity contribution in [3.8, 4) is 5.75 Å². The molecule has 2 aromatic rings. The van der Waals surface area contributed by atoms with Gasteiger partial charge in [-0.05, 0) is 42.3 Å². The molecular formula is C17H17FO2. The Morgan fingerprint density at radius 3 is 2.45 bits per heavy atom. The van der Waals surface area contributed by atoms with Crippen molar-refractivity contribution >= 4 is 5.78 Å². The summed E-state index contributed by atoms with van der Waals surface area (Å²) < 4.78 is 19.0. The molecule has 0 aromatic heterocycles. The van der Waals surface area contributed by atoms with Crippen molar-refractivity contribution in [3.63, 3.8) is 0 Å². The average Bonchev–Trinajstić information content (AvgIpc) is 2.48. The fourth-order valence-electron chi connectivity index (χ4n) is 1.87. The van der Waals surface area contributed by atoms with Crippen molar-refractivity contribution in [3.05, 3.63) is 65.5 Å². The quantitative estimate of drug-likeness (QED) is 0.742. The van der Waals surface area contributed by atoms with Gasteiger partial charge in [0.05, 0.1) is 6.61 Å². The summed E-state index contributed by atoms with van der Waals surface area (Å²) >= 11 is 0. The lowest BCUT2D eigenvalue weighted by Crippen LogP contribution is -2.05. The lowest BCUT2D eigenvalue weighted by molar-refractivity contribution is 0.0992. The number of ether oxygens (including phenoxy) is 1. The van der Waals surface area contributed by atoms with E-state index in [1.54, 1.807) is 42.5 Å². The number of Topliss-reactive ketones (excluding diaryl/α,β-unsaturated/α-hetero) is 1. The van der Waals surface area contributed by atoms with E-state index in [0.29, 0.717) is 17.7 Å². The number of halogens is 1. The summed E-state index contributed by atoms with van der Waals surface area (Å²) in [5, 5.41) is 0. The molecule has 2 nitrogen and oxygen atoms in total. The molecule has 2 aromatic carbocycles. The Bertz CT molecular complexity index is 576. The molecule has 0 unspecified atom stereocenters. The minimum atomic E-state index is -0.344. The highest BCUT2D eigenvalue weighted by Gasteiger charge is 2.10. The highest BCUT2D eigenvalue weighted by Crippen LogP contribution is 2.15. The molecule has 0 aliphatic carbocycles. The third kappa shape index (κ3) is 3.67. The highest BCUT2D eigenvalue weighted by molar-refractivity contribution is 5.97. The molecule has 0 saturated carbocycles. The summed E-state index contributed by atoms with van der Waals surface area (Å²) in [7, 11) is 0. The van der Waals surface area contributed by atoms with Gasteiger partial charge >= 0.3 is 0 Å². The Labute approximate surface area is 118 Å². The fraction of sp³-hybridized carbons (Fsp3) is 0.235. The Morgan fingerprint density at radius 2 is 1.80 bits per heavy atom. The largest absolute Gasteiger partial charge is 0.494 e. The first-order valence-electron chi connectivity index (χ1n) is 6.70. The second-order valence-corrected chi connectivity index (χ2v) is 4.56. The van der Waals surface area contributed by atoms with Crippen LogP contribution < -0.4 is 4.74 Å². The predicted molar refractivity (Wildman–Crippen MR) is 76.7 cm³/mol. The van der Waals surface area contributed by atoms with E-state index >= 15 is 0 Å². The van der Waals surface area contributed by atoms with Crippen LogP contribution in [0.5, 0.6) is 5.75 Å². The van der Waals surface area contributed by atoms with Crippen molar-refractivity contribution in [1.82, 2.24) is 0 Å². The molecule has 0 heterocycles. The highest BCUT2D eigenvalue weighted by atomic mass is 19.1. The minimum Gasteiger partial charge on any atom is -0.494 e. The van der Waals surface area contributed by atoms with Gasteiger partial charge in [0.25, 0.3) is 0 Å². The second kappa shape index (κ2) is 6.85. The fourth-order valence-corrected chi connectivity index (χ4v) is 1.87.